The molecular weight excluding hydrogens is 264 g/mol. The molecule has 6 heteroatoms. The summed E-state index contributed by atoms with van der Waals surface area (Å²) in [5, 5.41) is 5.23. The van der Waals surface area contributed by atoms with E-state index in [4.69, 9.17) is 5.73 Å². The lowest BCUT2D eigenvalue weighted by Crippen LogP contribution is -2.19. The summed E-state index contributed by atoms with van der Waals surface area (Å²) in [6.07, 6.45) is 3.87. The summed E-state index contributed by atoms with van der Waals surface area (Å²) in [5.41, 5.74) is 7.76. The molecule has 3 aromatic rings. The molecule has 0 saturated carbocycles. The van der Waals surface area contributed by atoms with Crippen LogP contribution in [0, 0.1) is 0 Å². The fourth-order valence-corrected chi connectivity index (χ4v) is 2.39. The van der Waals surface area contributed by atoms with Crippen LogP contribution < -0.4 is 10.6 Å². The summed E-state index contributed by atoms with van der Waals surface area (Å²) in [6, 6.07) is 7.98. The number of hydrogen-bond acceptors (Lipinski definition) is 5. The van der Waals surface area contributed by atoms with E-state index in [2.05, 4.69) is 20.0 Å². The Bertz CT molecular complexity index is 764. The number of anilines is 1. The third-order valence-electron chi connectivity index (χ3n) is 3.35. The van der Waals surface area contributed by atoms with Gasteiger partial charge < -0.3 is 10.6 Å². The van der Waals surface area contributed by atoms with Gasteiger partial charge in [0.05, 0.1) is 18.3 Å². The zero-order valence-electron chi connectivity index (χ0n) is 12.2. The minimum absolute atomic E-state index is 0.332. The van der Waals surface area contributed by atoms with E-state index in [0.717, 1.165) is 28.8 Å². The zero-order chi connectivity index (χ0) is 14.8. The predicted octanol–water partition coefficient (Wildman–Crippen LogP) is 1.46. The van der Waals surface area contributed by atoms with Crippen molar-refractivity contribution in [2.75, 3.05) is 11.9 Å². The van der Waals surface area contributed by atoms with Crippen molar-refractivity contribution in [1.82, 2.24) is 19.7 Å². The monoisotopic (exact) mass is 282 g/mol. The van der Waals surface area contributed by atoms with Crippen molar-refractivity contribution >= 4 is 16.7 Å². The Morgan fingerprint density at radius 2 is 2.05 bits per heavy atom. The Balaban J connectivity index is 2.01. The second-order valence-corrected chi connectivity index (χ2v) is 5.06. The summed E-state index contributed by atoms with van der Waals surface area (Å²) in [7, 11) is 3.93. The summed E-state index contributed by atoms with van der Waals surface area (Å²) >= 11 is 0. The number of para-hydroxylation sites is 1. The van der Waals surface area contributed by atoms with Gasteiger partial charge >= 0.3 is 0 Å². The van der Waals surface area contributed by atoms with Crippen LogP contribution in [-0.2, 0) is 20.1 Å². The number of nitrogens with zero attached hydrogens (tertiary/aromatic N) is 5. The largest absolute Gasteiger partial charge is 0.355 e. The molecule has 0 atom stereocenters. The highest BCUT2D eigenvalue weighted by molar-refractivity contribution is 5.89. The summed E-state index contributed by atoms with van der Waals surface area (Å²) in [4.78, 5) is 11.2. The van der Waals surface area contributed by atoms with Gasteiger partial charge in [0.2, 0.25) is 0 Å². The van der Waals surface area contributed by atoms with Gasteiger partial charge in [0.25, 0.3) is 0 Å². The number of nitrogens with two attached hydrogens (primary N) is 1. The molecule has 1 aromatic carbocycles. The highest BCUT2D eigenvalue weighted by Crippen LogP contribution is 2.24. The number of hydrogen-bond donors (Lipinski definition) is 1. The van der Waals surface area contributed by atoms with E-state index in [0.29, 0.717) is 12.4 Å². The van der Waals surface area contributed by atoms with E-state index in [1.54, 1.807) is 4.68 Å². The number of aryl methyl sites for hydroxylation is 1. The van der Waals surface area contributed by atoms with Crippen LogP contribution in [0.3, 0.4) is 0 Å². The van der Waals surface area contributed by atoms with Gasteiger partial charge in [0, 0.05) is 37.8 Å². The SMILES string of the molecule is CN(Cc1cnn(C)c1)c1nc(CN)nc2ccccc12. The fourth-order valence-electron chi connectivity index (χ4n) is 2.39. The highest BCUT2D eigenvalue weighted by atomic mass is 15.2. The number of fused-ring (bicyclic) bond motifs is 1. The molecule has 0 aliphatic carbocycles. The van der Waals surface area contributed by atoms with E-state index in [9.17, 15) is 0 Å². The summed E-state index contributed by atoms with van der Waals surface area (Å²) in [6.45, 7) is 1.07. The molecule has 0 amide bonds. The average Bonchev–Trinajstić information content (AvgIpc) is 2.91. The van der Waals surface area contributed by atoms with Crippen molar-refractivity contribution in [3.8, 4) is 0 Å². The van der Waals surface area contributed by atoms with E-state index < -0.39 is 0 Å². The Labute approximate surface area is 123 Å². The van der Waals surface area contributed by atoms with E-state index in [1.165, 1.54) is 0 Å². The van der Waals surface area contributed by atoms with Gasteiger partial charge in [-0.3, -0.25) is 4.68 Å². The zero-order valence-corrected chi connectivity index (χ0v) is 12.2. The molecular formula is C15H18N6. The van der Waals surface area contributed by atoms with Crippen molar-refractivity contribution in [3.63, 3.8) is 0 Å². The molecule has 108 valence electrons. The topological polar surface area (TPSA) is 72.9 Å². The van der Waals surface area contributed by atoms with Gasteiger partial charge in [-0.15, -0.1) is 0 Å². The number of benzene rings is 1. The lowest BCUT2D eigenvalue weighted by molar-refractivity contribution is 0.766. The molecule has 0 radical (unpaired) electrons. The van der Waals surface area contributed by atoms with Crippen LogP contribution in [0.25, 0.3) is 10.9 Å². The molecule has 0 spiro atoms. The Kier molecular flexibility index (Phi) is 3.53. The highest BCUT2D eigenvalue weighted by Gasteiger charge is 2.12. The number of aromatic nitrogens is 4. The van der Waals surface area contributed by atoms with Crippen LogP contribution in [-0.4, -0.2) is 26.8 Å². The second-order valence-electron chi connectivity index (χ2n) is 5.06. The van der Waals surface area contributed by atoms with Crippen LogP contribution in [0.1, 0.15) is 11.4 Å². The lowest BCUT2D eigenvalue weighted by Gasteiger charge is -2.19. The molecule has 21 heavy (non-hydrogen) atoms. The summed E-state index contributed by atoms with van der Waals surface area (Å²) in [5.74, 6) is 1.55. The molecule has 0 saturated heterocycles. The maximum atomic E-state index is 5.71. The molecule has 0 aliphatic heterocycles. The van der Waals surface area contributed by atoms with Gasteiger partial charge in [-0.1, -0.05) is 12.1 Å². The van der Waals surface area contributed by atoms with Crippen LogP contribution in [0.5, 0.6) is 0 Å². The van der Waals surface area contributed by atoms with E-state index >= 15 is 0 Å². The van der Waals surface area contributed by atoms with Gasteiger partial charge in [-0.25, -0.2) is 9.97 Å². The molecule has 0 unspecified atom stereocenters. The van der Waals surface area contributed by atoms with Gasteiger partial charge in [0.15, 0.2) is 0 Å². The van der Waals surface area contributed by atoms with Crippen LogP contribution in [0.15, 0.2) is 36.7 Å². The predicted molar refractivity (Wildman–Crippen MR) is 82.7 cm³/mol. The Hall–Kier alpha value is -2.47. The first kappa shape index (κ1) is 13.5. The minimum Gasteiger partial charge on any atom is -0.355 e. The fraction of sp³-hybridized carbons (Fsp3) is 0.267. The molecule has 2 heterocycles. The van der Waals surface area contributed by atoms with Gasteiger partial charge in [-0.05, 0) is 12.1 Å². The Morgan fingerprint density at radius 1 is 1.24 bits per heavy atom. The lowest BCUT2D eigenvalue weighted by atomic mass is 10.2. The normalized spacial score (nSPS) is 11.0. The first-order valence-electron chi connectivity index (χ1n) is 6.82. The third-order valence-corrected chi connectivity index (χ3v) is 3.35. The third kappa shape index (κ3) is 2.71. The van der Waals surface area contributed by atoms with Crippen molar-refractivity contribution in [3.05, 3.63) is 48.0 Å². The van der Waals surface area contributed by atoms with Crippen LogP contribution >= 0.6 is 0 Å². The van der Waals surface area contributed by atoms with Gasteiger partial charge in [-0.2, -0.15) is 5.10 Å². The maximum absolute atomic E-state index is 5.71. The van der Waals surface area contributed by atoms with Crippen LogP contribution in [0.2, 0.25) is 0 Å². The van der Waals surface area contributed by atoms with Crippen molar-refractivity contribution in [1.29, 1.82) is 0 Å². The first-order chi connectivity index (χ1) is 10.2. The molecule has 2 aromatic heterocycles. The Morgan fingerprint density at radius 3 is 2.76 bits per heavy atom. The average molecular weight is 282 g/mol. The smallest absolute Gasteiger partial charge is 0.144 e. The van der Waals surface area contributed by atoms with Crippen molar-refractivity contribution in [2.24, 2.45) is 12.8 Å². The van der Waals surface area contributed by atoms with Crippen molar-refractivity contribution in [2.45, 2.75) is 13.1 Å². The first-order valence-corrected chi connectivity index (χ1v) is 6.82. The van der Waals surface area contributed by atoms with Gasteiger partial charge in [0.1, 0.15) is 11.6 Å². The quantitative estimate of drug-likeness (QED) is 0.784. The maximum Gasteiger partial charge on any atom is 0.144 e. The van der Waals surface area contributed by atoms with E-state index in [1.807, 2.05) is 50.8 Å². The molecule has 0 bridgehead atoms. The minimum atomic E-state index is 0.332. The van der Waals surface area contributed by atoms with Crippen LogP contribution in [0.4, 0.5) is 5.82 Å². The summed E-state index contributed by atoms with van der Waals surface area (Å²) < 4.78 is 1.80. The van der Waals surface area contributed by atoms with Crippen molar-refractivity contribution < 1.29 is 0 Å². The molecule has 3 rings (SSSR count). The molecule has 0 aliphatic rings. The molecule has 0 fully saturated rings. The number of rotatable bonds is 4. The molecule has 2 N–H and O–H groups in total. The van der Waals surface area contributed by atoms with E-state index in [-0.39, 0.29) is 0 Å². The molecule has 6 nitrogen and oxygen atoms in total. The standard InChI is InChI=1S/C15H18N6/c1-20(9-11-8-17-21(2)10-11)15-12-5-3-4-6-13(12)18-14(7-16)19-15/h3-6,8,10H,7,9,16H2,1-2H3. The second kappa shape index (κ2) is 5.49.